The highest BCUT2D eigenvalue weighted by Gasteiger charge is 2.06. The van der Waals surface area contributed by atoms with Crippen LogP contribution in [0.4, 0.5) is 0 Å². The van der Waals surface area contributed by atoms with E-state index in [0.717, 1.165) is 11.0 Å². The van der Waals surface area contributed by atoms with Crippen LogP contribution < -0.4 is 0 Å². The Morgan fingerprint density at radius 3 is 3.08 bits per heavy atom. The third kappa shape index (κ3) is 3.87. The fourth-order valence-corrected chi connectivity index (χ4v) is 1.21. The van der Waals surface area contributed by atoms with E-state index in [2.05, 4.69) is 34.8 Å². The topological polar surface area (TPSA) is 21.6 Å². The summed E-state index contributed by atoms with van der Waals surface area (Å²) in [6, 6.07) is 0. The molecule has 1 aliphatic heterocycles. The van der Waals surface area contributed by atoms with Gasteiger partial charge in [-0.3, -0.25) is 0 Å². The largest absolute Gasteiger partial charge is 0.367 e. The first kappa shape index (κ1) is 10.7. The Balaban J connectivity index is 2.50. The first-order valence-electron chi connectivity index (χ1n) is 4.46. The van der Waals surface area contributed by atoms with Crippen molar-refractivity contribution in [2.75, 3.05) is 0 Å². The molecule has 0 aromatic rings. The van der Waals surface area contributed by atoms with Crippen molar-refractivity contribution in [2.45, 2.75) is 32.5 Å². The molecule has 0 saturated heterocycles. The molecule has 0 saturated carbocycles. The quantitative estimate of drug-likeness (QED) is 0.747. The average molecular weight is 244 g/mol. The molecule has 2 atom stereocenters. The van der Waals surface area contributed by atoms with Crippen LogP contribution in [0.2, 0.25) is 0 Å². The molecule has 0 amide bonds. The monoisotopic (exact) mass is 243 g/mol. The van der Waals surface area contributed by atoms with Gasteiger partial charge in [0.1, 0.15) is 4.62 Å². The zero-order valence-electron chi connectivity index (χ0n) is 7.90. The molecule has 0 aliphatic carbocycles. The maximum atomic E-state index is 5.70. The summed E-state index contributed by atoms with van der Waals surface area (Å²) in [4.78, 5) is 4.09. The number of hydrogen-bond donors (Lipinski definition) is 0. The van der Waals surface area contributed by atoms with Crippen LogP contribution in [0.3, 0.4) is 0 Å². The molecular weight excluding hydrogens is 230 g/mol. The van der Waals surface area contributed by atoms with Crippen LogP contribution in [-0.4, -0.2) is 16.8 Å². The van der Waals surface area contributed by atoms with Crippen molar-refractivity contribution in [3.63, 3.8) is 0 Å². The highest BCUT2D eigenvalue weighted by Crippen LogP contribution is 2.09. The summed E-state index contributed by atoms with van der Waals surface area (Å²) in [5, 5.41) is 0. The van der Waals surface area contributed by atoms with Gasteiger partial charge < -0.3 is 4.74 Å². The van der Waals surface area contributed by atoms with Crippen LogP contribution >= 0.6 is 15.9 Å². The third-order valence-electron chi connectivity index (χ3n) is 1.86. The normalized spacial score (nSPS) is 23.9. The molecule has 0 spiro atoms. The minimum atomic E-state index is 0.0498. The van der Waals surface area contributed by atoms with Crippen molar-refractivity contribution in [1.29, 1.82) is 0 Å². The Bertz CT molecular complexity index is 245. The first-order chi connectivity index (χ1) is 6.22. The summed E-state index contributed by atoms with van der Waals surface area (Å²) in [7, 11) is 0. The zero-order valence-corrected chi connectivity index (χ0v) is 9.49. The number of ether oxygens (including phenoxy) is 1. The van der Waals surface area contributed by atoms with E-state index in [-0.39, 0.29) is 12.2 Å². The highest BCUT2D eigenvalue weighted by molar-refractivity contribution is 9.18. The molecule has 2 unspecified atom stereocenters. The summed E-state index contributed by atoms with van der Waals surface area (Å²) < 4.78 is 6.53. The summed E-state index contributed by atoms with van der Waals surface area (Å²) >= 11 is 3.31. The van der Waals surface area contributed by atoms with Gasteiger partial charge in [-0.1, -0.05) is 6.92 Å². The molecule has 0 N–H and O–H groups in total. The van der Waals surface area contributed by atoms with Crippen LogP contribution in [0.1, 0.15) is 20.3 Å². The molecule has 0 bridgehead atoms. The van der Waals surface area contributed by atoms with Crippen molar-refractivity contribution in [3.05, 3.63) is 24.4 Å². The molecule has 0 aromatic heterocycles. The molecule has 0 radical (unpaired) electrons. The van der Waals surface area contributed by atoms with Crippen LogP contribution in [0.5, 0.6) is 0 Å². The van der Waals surface area contributed by atoms with Gasteiger partial charge in [0.05, 0.1) is 12.2 Å². The van der Waals surface area contributed by atoms with E-state index in [1.54, 1.807) is 6.20 Å². The Hall–Kier alpha value is -0.410. The van der Waals surface area contributed by atoms with Gasteiger partial charge in [-0.05, 0) is 47.5 Å². The lowest BCUT2D eigenvalue weighted by Crippen LogP contribution is -2.15. The van der Waals surface area contributed by atoms with Crippen molar-refractivity contribution < 1.29 is 4.74 Å². The van der Waals surface area contributed by atoms with Crippen LogP contribution in [0.15, 0.2) is 29.4 Å². The predicted octanol–water partition coefficient (Wildman–Crippen LogP) is 3.05. The summed E-state index contributed by atoms with van der Waals surface area (Å²) in [5.74, 6) is 0. The smallest absolute Gasteiger partial charge is 0.105 e. The van der Waals surface area contributed by atoms with E-state index >= 15 is 0 Å². The van der Waals surface area contributed by atoms with Crippen molar-refractivity contribution in [1.82, 2.24) is 0 Å². The highest BCUT2D eigenvalue weighted by atomic mass is 79.9. The molecule has 2 nitrogen and oxygen atoms in total. The van der Waals surface area contributed by atoms with Gasteiger partial charge in [0.25, 0.3) is 0 Å². The summed E-state index contributed by atoms with van der Waals surface area (Å²) in [6.07, 6.45) is 8.97. The number of halogens is 1. The fourth-order valence-electron chi connectivity index (χ4n) is 0.936. The van der Waals surface area contributed by atoms with Gasteiger partial charge in [-0.15, -0.1) is 0 Å². The number of aliphatic imine (C=N–C) groups is 1. The number of nitrogens with zero attached hydrogens (tertiary/aromatic N) is 1. The molecule has 72 valence electrons. The lowest BCUT2D eigenvalue weighted by molar-refractivity contribution is 0.0468. The number of rotatable bonds is 3. The van der Waals surface area contributed by atoms with E-state index in [0.29, 0.717) is 0 Å². The average Bonchev–Trinajstić information content (AvgIpc) is 2.31. The Kier molecular flexibility index (Phi) is 4.39. The molecule has 0 aromatic carbocycles. The van der Waals surface area contributed by atoms with E-state index in [1.807, 2.05) is 18.2 Å². The van der Waals surface area contributed by atoms with Crippen molar-refractivity contribution >= 4 is 20.6 Å². The molecule has 1 heterocycles. The minimum Gasteiger partial charge on any atom is -0.367 e. The van der Waals surface area contributed by atoms with Crippen molar-refractivity contribution in [2.24, 2.45) is 4.99 Å². The summed E-state index contributed by atoms with van der Waals surface area (Å²) in [5.41, 5.74) is 0. The van der Waals surface area contributed by atoms with Crippen molar-refractivity contribution in [3.8, 4) is 0 Å². The van der Waals surface area contributed by atoms with E-state index in [9.17, 15) is 0 Å². The van der Waals surface area contributed by atoms with E-state index in [1.165, 1.54) is 0 Å². The van der Waals surface area contributed by atoms with Crippen LogP contribution in [0, 0.1) is 0 Å². The van der Waals surface area contributed by atoms with Gasteiger partial charge in [0.15, 0.2) is 0 Å². The minimum absolute atomic E-state index is 0.0498. The predicted molar refractivity (Wildman–Crippen MR) is 59.3 cm³/mol. The molecule has 3 heteroatoms. The van der Waals surface area contributed by atoms with Gasteiger partial charge in [0.2, 0.25) is 0 Å². The van der Waals surface area contributed by atoms with E-state index in [4.69, 9.17) is 4.74 Å². The Morgan fingerprint density at radius 1 is 1.62 bits per heavy atom. The summed E-state index contributed by atoms with van der Waals surface area (Å²) in [6.45, 7) is 4.18. The standard InChI is InChI=1S/C10H14BrNO/c1-3-8(2)13-9-4-5-10(11)12-7-6-9/h4-9H,3H2,1-2H3. The zero-order chi connectivity index (χ0) is 9.68. The van der Waals surface area contributed by atoms with Crippen LogP contribution in [0.25, 0.3) is 0 Å². The van der Waals surface area contributed by atoms with Gasteiger partial charge in [-0.2, -0.15) is 0 Å². The number of allylic oxidation sites excluding steroid dienone is 1. The van der Waals surface area contributed by atoms with Gasteiger partial charge in [0, 0.05) is 6.20 Å². The molecular formula is C10H14BrNO. The lowest BCUT2D eigenvalue weighted by atomic mass is 10.2. The lowest BCUT2D eigenvalue weighted by Gasteiger charge is -2.14. The van der Waals surface area contributed by atoms with E-state index < -0.39 is 0 Å². The Labute approximate surface area is 87.5 Å². The molecule has 1 rings (SSSR count). The maximum absolute atomic E-state index is 5.70. The SMILES string of the molecule is CCC(C)OC1C=CN=C(Br)C=C1. The van der Waals surface area contributed by atoms with Crippen LogP contribution in [-0.2, 0) is 4.74 Å². The first-order valence-corrected chi connectivity index (χ1v) is 5.25. The Morgan fingerprint density at radius 2 is 2.38 bits per heavy atom. The second-order valence-electron chi connectivity index (χ2n) is 2.97. The third-order valence-corrected chi connectivity index (χ3v) is 2.33. The maximum Gasteiger partial charge on any atom is 0.105 e. The van der Waals surface area contributed by atoms with Gasteiger partial charge >= 0.3 is 0 Å². The fraction of sp³-hybridized carbons (Fsp3) is 0.500. The number of hydrogen-bond acceptors (Lipinski definition) is 2. The molecule has 13 heavy (non-hydrogen) atoms. The second-order valence-corrected chi connectivity index (χ2v) is 3.78. The second kappa shape index (κ2) is 5.35. The molecule has 0 fully saturated rings. The molecule has 1 aliphatic rings. The van der Waals surface area contributed by atoms with Gasteiger partial charge in [-0.25, -0.2) is 4.99 Å².